The molecule has 7 heteroatoms. The fourth-order valence-corrected chi connectivity index (χ4v) is 3.48. The topological polar surface area (TPSA) is 83.5 Å². The van der Waals surface area contributed by atoms with Crippen molar-refractivity contribution in [3.8, 4) is 0 Å². The molecule has 17 heavy (non-hydrogen) atoms. The zero-order valence-electron chi connectivity index (χ0n) is 9.42. The van der Waals surface area contributed by atoms with Crippen LogP contribution in [0.2, 0.25) is 0 Å². The van der Waals surface area contributed by atoms with E-state index in [2.05, 4.69) is 4.72 Å². The van der Waals surface area contributed by atoms with Gasteiger partial charge >= 0.3 is 5.97 Å². The first kappa shape index (κ1) is 14.1. The first-order chi connectivity index (χ1) is 7.95. The number of hydrogen-bond acceptors (Lipinski definition) is 4. The van der Waals surface area contributed by atoms with Gasteiger partial charge in [-0.25, -0.2) is 13.1 Å². The van der Waals surface area contributed by atoms with E-state index in [4.69, 9.17) is 5.11 Å². The monoisotopic (exact) mass is 277 g/mol. The molecule has 1 heterocycles. The molecule has 0 fully saturated rings. The van der Waals surface area contributed by atoms with Crippen molar-refractivity contribution in [3.63, 3.8) is 0 Å². The van der Waals surface area contributed by atoms with Crippen molar-refractivity contribution in [2.45, 2.75) is 24.0 Å². The van der Waals surface area contributed by atoms with Crippen molar-refractivity contribution < 1.29 is 18.3 Å². The Morgan fingerprint density at radius 1 is 1.59 bits per heavy atom. The lowest BCUT2D eigenvalue weighted by molar-refractivity contribution is -0.138. The largest absolute Gasteiger partial charge is 0.481 e. The average molecular weight is 277 g/mol. The number of nitrogens with one attached hydrogen (secondary N) is 1. The van der Waals surface area contributed by atoms with Crippen molar-refractivity contribution in [2.24, 2.45) is 5.92 Å². The van der Waals surface area contributed by atoms with E-state index in [1.54, 1.807) is 11.4 Å². The second-order valence-electron chi connectivity index (χ2n) is 3.66. The molecule has 0 saturated carbocycles. The van der Waals surface area contributed by atoms with Crippen LogP contribution in [-0.2, 0) is 14.8 Å². The summed E-state index contributed by atoms with van der Waals surface area (Å²) in [7, 11) is -3.48. The molecule has 0 saturated heterocycles. The Kier molecular flexibility index (Phi) is 5.10. The van der Waals surface area contributed by atoms with E-state index in [0.717, 1.165) is 11.3 Å². The molecular formula is C10H15NO4S2. The highest BCUT2D eigenvalue weighted by Crippen LogP contribution is 2.16. The summed E-state index contributed by atoms with van der Waals surface area (Å²) in [4.78, 5) is 10.5. The van der Waals surface area contributed by atoms with E-state index < -0.39 is 16.0 Å². The highest BCUT2D eigenvalue weighted by atomic mass is 32.2. The van der Waals surface area contributed by atoms with Gasteiger partial charge in [0.15, 0.2) is 0 Å². The summed E-state index contributed by atoms with van der Waals surface area (Å²) in [5.74, 6) is -1.09. The van der Waals surface area contributed by atoms with Gasteiger partial charge in [0.1, 0.15) is 4.21 Å². The summed E-state index contributed by atoms with van der Waals surface area (Å²) in [5, 5.41) is 10.3. The molecule has 0 radical (unpaired) electrons. The number of thiophene rings is 1. The number of hydrogen-bond donors (Lipinski definition) is 2. The van der Waals surface area contributed by atoms with Gasteiger partial charge in [0.25, 0.3) is 0 Å². The predicted octanol–water partition coefficient (Wildman–Crippen LogP) is 1.53. The summed E-state index contributed by atoms with van der Waals surface area (Å²) in [6.45, 7) is 2.00. The lowest BCUT2D eigenvalue weighted by Crippen LogP contribution is -2.29. The van der Waals surface area contributed by atoms with Crippen molar-refractivity contribution in [1.29, 1.82) is 0 Å². The van der Waals surface area contributed by atoms with Crippen molar-refractivity contribution in [2.75, 3.05) is 6.54 Å². The maximum atomic E-state index is 11.8. The van der Waals surface area contributed by atoms with Gasteiger partial charge < -0.3 is 5.11 Å². The second-order valence-corrected chi connectivity index (χ2v) is 6.60. The molecule has 1 aromatic rings. The Labute approximate surface area is 105 Å². The van der Waals surface area contributed by atoms with Crippen LogP contribution in [-0.4, -0.2) is 26.0 Å². The Morgan fingerprint density at radius 3 is 2.76 bits per heavy atom. The van der Waals surface area contributed by atoms with Crippen LogP contribution in [0.4, 0.5) is 0 Å². The minimum atomic E-state index is -3.48. The van der Waals surface area contributed by atoms with Crippen LogP contribution in [0.25, 0.3) is 0 Å². The van der Waals surface area contributed by atoms with Crippen LogP contribution in [0, 0.1) is 5.92 Å². The first-order valence-electron chi connectivity index (χ1n) is 5.20. The van der Waals surface area contributed by atoms with E-state index in [1.807, 2.05) is 6.92 Å². The van der Waals surface area contributed by atoms with Crippen LogP contribution >= 0.6 is 11.3 Å². The number of carboxylic acids is 1. The molecule has 0 bridgehead atoms. The Hall–Kier alpha value is -0.920. The molecule has 0 amide bonds. The van der Waals surface area contributed by atoms with E-state index in [-0.39, 0.29) is 23.1 Å². The molecule has 0 aliphatic heterocycles. The van der Waals surface area contributed by atoms with Crippen LogP contribution in [0.1, 0.15) is 19.8 Å². The normalized spacial score (nSPS) is 13.5. The summed E-state index contributed by atoms with van der Waals surface area (Å²) < 4.78 is 26.2. The zero-order valence-corrected chi connectivity index (χ0v) is 11.1. The molecule has 0 aliphatic carbocycles. The molecule has 0 aliphatic rings. The predicted molar refractivity (Wildman–Crippen MR) is 65.5 cm³/mol. The molecule has 0 aromatic carbocycles. The van der Waals surface area contributed by atoms with Gasteiger partial charge in [-0.2, -0.15) is 0 Å². The quantitative estimate of drug-likeness (QED) is 0.791. The number of aliphatic carboxylic acids is 1. The molecule has 96 valence electrons. The number of carboxylic acid groups (broad SMARTS) is 1. The Morgan fingerprint density at radius 2 is 2.29 bits per heavy atom. The molecular weight excluding hydrogens is 262 g/mol. The van der Waals surface area contributed by atoms with Gasteiger partial charge in [-0.05, 0) is 17.4 Å². The standard InChI is InChI=1S/C10H15NO4S2/c1-2-8(6-9(12)13)7-11-17(14,15)10-4-3-5-16-10/h3-5,8,11H,2,6-7H2,1H3,(H,12,13). The third-order valence-electron chi connectivity index (χ3n) is 2.36. The minimum absolute atomic E-state index is 0.0243. The first-order valence-corrected chi connectivity index (χ1v) is 7.57. The van der Waals surface area contributed by atoms with Crippen molar-refractivity contribution in [1.82, 2.24) is 4.72 Å². The van der Waals surface area contributed by atoms with Gasteiger partial charge in [0, 0.05) is 13.0 Å². The number of sulfonamides is 1. The third kappa shape index (κ3) is 4.45. The zero-order chi connectivity index (χ0) is 12.9. The second kappa shape index (κ2) is 6.13. The maximum absolute atomic E-state index is 11.8. The fourth-order valence-electron chi connectivity index (χ4n) is 1.32. The van der Waals surface area contributed by atoms with Gasteiger partial charge in [0.05, 0.1) is 0 Å². The molecule has 2 N–H and O–H groups in total. The van der Waals surface area contributed by atoms with Gasteiger partial charge in [-0.1, -0.05) is 19.4 Å². The van der Waals surface area contributed by atoms with Crippen LogP contribution in [0.3, 0.4) is 0 Å². The van der Waals surface area contributed by atoms with Crippen LogP contribution < -0.4 is 4.72 Å². The van der Waals surface area contributed by atoms with E-state index >= 15 is 0 Å². The summed E-state index contributed by atoms with van der Waals surface area (Å²) in [6, 6.07) is 3.18. The van der Waals surface area contributed by atoms with E-state index in [1.165, 1.54) is 6.07 Å². The van der Waals surface area contributed by atoms with Crippen molar-refractivity contribution >= 4 is 27.3 Å². The lowest BCUT2D eigenvalue weighted by atomic mass is 10.0. The van der Waals surface area contributed by atoms with Gasteiger partial charge in [0.2, 0.25) is 10.0 Å². The number of rotatable bonds is 7. The van der Waals surface area contributed by atoms with Gasteiger partial charge in [-0.3, -0.25) is 4.79 Å². The van der Waals surface area contributed by atoms with E-state index in [0.29, 0.717) is 6.42 Å². The molecule has 1 rings (SSSR count). The van der Waals surface area contributed by atoms with Crippen molar-refractivity contribution in [3.05, 3.63) is 17.5 Å². The van der Waals surface area contributed by atoms with E-state index in [9.17, 15) is 13.2 Å². The summed E-state index contributed by atoms with van der Waals surface area (Å²) >= 11 is 1.14. The third-order valence-corrected chi connectivity index (χ3v) is 5.18. The summed E-state index contributed by atoms with van der Waals surface area (Å²) in [6.07, 6.45) is 0.600. The van der Waals surface area contributed by atoms with Gasteiger partial charge in [-0.15, -0.1) is 11.3 Å². The fraction of sp³-hybridized carbons (Fsp3) is 0.500. The lowest BCUT2D eigenvalue weighted by Gasteiger charge is -2.12. The molecule has 1 atom stereocenters. The minimum Gasteiger partial charge on any atom is -0.481 e. The Balaban J connectivity index is 2.57. The SMILES string of the molecule is CCC(CNS(=O)(=O)c1cccs1)CC(=O)O. The van der Waals surface area contributed by atoms with Crippen LogP contribution in [0.5, 0.6) is 0 Å². The Bertz CT molecular complexity index is 453. The molecule has 1 unspecified atom stereocenters. The van der Waals surface area contributed by atoms with Crippen LogP contribution in [0.15, 0.2) is 21.7 Å². The average Bonchev–Trinajstić information content (AvgIpc) is 2.77. The number of carbonyl (C=O) groups is 1. The molecule has 1 aromatic heterocycles. The molecule has 0 spiro atoms. The molecule has 5 nitrogen and oxygen atoms in total. The highest BCUT2D eigenvalue weighted by Gasteiger charge is 2.18. The smallest absolute Gasteiger partial charge is 0.303 e. The maximum Gasteiger partial charge on any atom is 0.303 e. The highest BCUT2D eigenvalue weighted by molar-refractivity contribution is 7.91. The summed E-state index contributed by atoms with van der Waals surface area (Å²) in [5.41, 5.74) is 0.